The zero-order chi connectivity index (χ0) is 18.4. The Kier molecular flexibility index (Phi) is 50.3. The lowest BCUT2D eigenvalue weighted by atomic mass is 10.3. The molecule has 0 saturated heterocycles. The van der Waals surface area contributed by atoms with E-state index in [0.717, 1.165) is 0 Å². The smallest absolute Gasteiger partial charge is 0.398 e. The van der Waals surface area contributed by atoms with Crippen LogP contribution in [-0.4, -0.2) is 75.9 Å². The molecular weight excluding hydrogens is 326 g/mol. The van der Waals surface area contributed by atoms with Crippen LogP contribution in [0.25, 0.3) is 0 Å². The lowest BCUT2D eigenvalue weighted by molar-refractivity contribution is 0.338. The number of hydrogen-bond donors (Lipinski definition) is 8. The van der Waals surface area contributed by atoms with Gasteiger partial charge in [-0.1, -0.05) is 19.8 Å². The van der Waals surface area contributed by atoms with Gasteiger partial charge in [0.1, 0.15) is 0 Å². The third-order valence-corrected chi connectivity index (χ3v) is 0.966. The molecule has 0 aliphatic heterocycles. The molecule has 0 radical (unpaired) electrons. The van der Waals surface area contributed by atoms with Gasteiger partial charge in [-0.2, -0.15) is 0 Å². The van der Waals surface area contributed by atoms with E-state index in [2.05, 4.69) is 16.2 Å². The van der Waals surface area contributed by atoms with Crippen LogP contribution >= 0.6 is 9.24 Å². The van der Waals surface area contributed by atoms with E-state index in [0.29, 0.717) is 0 Å². The lowest BCUT2D eigenvalue weighted by Gasteiger charge is -1.79. The SMILES string of the molecule is CCCCP.OB(O)F.OB(O)F.OB(O)F.OB(O)F. The van der Waals surface area contributed by atoms with Crippen molar-refractivity contribution in [3.63, 3.8) is 0 Å². The molecule has 0 aromatic carbocycles. The molecule has 0 aliphatic rings. The fourth-order valence-electron chi connectivity index (χ4n) is 0.204. The molecule has 128 valence electrons. The second-order valence-corrected chi connectivity index (χ2v) is 2.96. The van der Waals surface area contributed by atoms with Gasteiger partial charge in [-0.15, -0.1) is 9.24 Å². The maximum absolute atomic E-state index is 10.1. The van der Waals surface area contributed by atoms with Crippen molar-refractivity contribution < 1.29 is 57.5 Å². The standard InChI is InChI=1S/C4H11P.4BFH2O2/c1-2-3-4-5;4*2-1(3)4/h2-5H2,1H3;4*3-4H. The summed E-state index contributed by atoms with van der Waals surface area (Å²) in [6.45, 7) is 2.20. The first-order chi connectivity index (χ1) is 9.34. The van der Waals surface area contributed by atoms with Gasteiger partial charge < -0.3 is 40.2 Å². The average molecular weight is 345 g/mol. The molecule has 0 aromatic heterocycles. The Balaban J connectivity index is -0.0000000510. The van der Waals surface area contributed by atoms with Gasteiger partial charge in [0.25, 0.3) is 0 Å². The minimum Gasteiger partial charge on any atom is -0.398 e. The van der Waals surface area contributed by atoms with Gasteiger partial charge in [-0.3, -0.25) is 17.3 Å². The minimum atomic E-state index is -2.67. The molecule has 17 heteroatoms. The highest BCUT2D eigenvalue weighted by atomic mass is 31.0. The molecule has 0 bridgehead atoms. The van der Waals surface area contributed by atoms with Gasteiger partial charge in [0.15, 0.2) is 0 Å². The highest BCUT2D eigenvalue weighted by molar-refractivity contribution is 7.16. The molecule has 0 rings (SSSR count). The number of unbranched alkanes of at least 4 members (excludes halogenated alkanes) is 1. The van der Waals surface area contributed by atoms with Crippen molar-refractivity contribution in [2.24, 2.45) is 0 Å². The molecule has 0 aliphatic carbocycles. The van der Waals surface area contributed by atoms with Crippen molar-refractivity contribution in [1.29, 1.82) is 0 Å². The predicted molar refractivity (Wildman–Crippen MR) is 74.7 cm³/mol. The summed E-state index contributed by atoms with van der Waals surface area (Å²) in [6.07, 6.45) is 3.94. The number of hydrogen-bond acceptors (Lipinski definition) is 8. The first-order valence-electron chi connectivity index (χ1n) is 5.05. The van der Waals surface area contributed by atoms with Gasteiger partial charge in [-0.05, 0) is 6.16 Å². The lowest BCUT2D eigenvalue weighted by Crippen LogP contribution is -1.98. The van der Waals surface area contributed by atoms with Gasteiger partial charge in [0.2, 0.25) is 0 Å². The Morgan fingerprint density at radius 2 is 0.810 bits per heavy atom. The summed E-state index contributed by atoms with van der Waals surface area (Å²) in [5.41, 5.74) is 0. The van der Waals surface area contributed by atoms with Crippen LogP contribution in [0.3, 0.4) is 0 Å². The molecule has 0 fully saturated rings. The second kappa shape index (κ2) is 32.2. The third-order valence-electron chi connectivity index (χ3n) is 0.558. The molecular formula is C4H19B4F4O8P. The second-order valence-electron chi connectivity index (χ2n) is 2.38. The Bertz CT molecular complexity index is 116. The van der Waals surface area contributed by atoms with Gasteiger partial charge in [-0.25, -0.2) is 0 Å². The van der Waals surface area contributed by atoms with E-state index in [4.69, 9.17) is 40.2 Å². The highest BCUT2D eigenvalue weighted by Crippen LogP contribution is 1.89. The zero-order valence-corrected chi connectivity index (χ0v) is 12.3. The normalized spacial score (nSPS) is 7.14. The van der Waals surface area contributed by atoms with E-state index >= 15 is 0 Å². The first kappa shape index (κ1) is 32.9. The fourth-order valence-corrected chi connectivity index (χ4v) is 0.612. The molecule has 0 heterocycles. The van der Waals surface area contributed by atoms with E-state index in [-0.39, 0.29) is 0 Å². The third kappa shape index (κ3) is 1510. The zero-order valence-electron chi connectivity index (χ0n) is 11.1. The maximum Gasteiger partial charge on any atom is 0.674 e. The molecule has 8 nitrogen and oxygen atoms in total. The molecule has 0 spiro atoms. The summed E-state index contributed by atoms with van der Waals surface area (Å²) in [5, 5.41) is 55.6. The molecule has 1 atom stereocenters. The van der Waals surface area contributed by atoms with Gasteiger partial charge in [0, 0.05) is 0 Å². The van der Waals surface area contributed by atoms with Crippen LogP contribution in [0.1, 0.15) is 19.8 Å². The summed E-state index contributed by atoms with van der Waals surface area (Å²) < 4.78 is 40.4. The summed E-state index contributed by atoms with van der Waals surface area (Å²) in [6, 6.07) is 0. The van der Waals surface area contributed by atoms with Crippen molar-refractivity contribution >= 4 is 38.8 Å². The van der Waals surface area contributed by atoms with Crippen LogP contribution in [0.4, 0.5) is 17.3 Å². The van der Waals surface area contributed by atoms with Crippen LogP contribution in [0.15, 0.2) is 0 Å². The molecule has 0 aromatic rings. The molecule has 8 N–H and O–H groups in total. The van der Waals surface area contributed by atoms with E-state index in [1.807, 2.05) is 0 Å². The van der Waals surface area contributed by atoms with Crippen LogP contribution in [0.2, 0.25) is 0 Å². The Labute approximate surface area is 123 Å². The van der Waals surface area contributed by atoms with Crippen LogP contribution in [0, 0.1) is 0 Å². The first-order valence-corrected chi connectivity index (χ1v) is 5.87. The maximum atomic E-state index is 10.1. The molecule has 0 amide bonds. The predicted octanol–water partition coefficient (Wildman–Crippen LogP) is -2.64. The minimum absolute atomic E-state index is 1.26. The van der Waals surface area contributed by atoms with Gasteiger partial charge >= 0.3 is 29.6 Å². The van der Waals surface area contributed by atoms with Gasteiger partial charge in [0.05, 0.1) is 0 Å². The van der Waals surface area contributed by atoms with Crippen LogP contribution in [-0.2, 0) is 0 Å². The summed E-state index contributed by atoms with van der Waals surface area (Å²) >= 11 is 0. The van der Waals surface area contributed by atoms with E-state index in [1.54, 1.807) is 0 Å². The quantitative estimate of drug-likeness (QED) is 0.153. The van der Waals surface area contributed by atoms with E-state index in [1.165, 1.54) is 19.0 Å². The molecule has 21 heavy (non-hydrogen) atoms. The Hall–Kier alpha value is 0.0897. The summed E-state index contributed by atoms with van der Waals surface area (Å²) in [7, 11) is -7.97. The van der Waals surface area contributed by atoms with E-state index < -0.39 is 29.6 Å². The largest absolute Gasteiger partial charge is 0.674 e. The highest BCUT2D eigenvalue weighted by Gasteiger charge is 1.98. The Morgan fingerprint density at radius 1 is 0.667 bits per heavy atom. The van der Waals surface area contributed by atoms with Crippen molar-refractivity contribution in [1.82, 2.24) is 0 Å². The molecule has 1 unspecified atom stereocenters. The summed E-state index contributed by atoms with van der Waals surface area (Å²) in [5.74, 6) is 0. The fraction of sp³-hybridized carbons (Fsp3) is 1.00. The average Bonchev–Trinajstić information content (AvgIpc) is 2.14. The van der Waals surface area contributed by atoms with Crippen molar-refractivity contribution in [2.45, 2.75) is 19.8 Å². The Morgan fingerprint density at radius 3 is 0.810 bits per heavy atom. The van der Waals surface area contributed by atoms with Crippen LogP contribution in [0.5, 0.6) is 0 Å². The summed E-state index contributed by atoms with van der Waals surface area (Å²) in [4.78, 5) is 0. The topological polar surface area (TPSA) is 162 Å². The van der Waals surface area contributed by atoms with Crippen molar-refractivity contribution in [3.8, 4) is 0 Å². The van der Waals surface area contributed by atoms with Crippen molar-refractivity contribution in [3.05, 3.63) is 0 Å². The number of rotatable bonds is 2. The number of halogens is 4. The van der Waals surface area contributed by atoms with Crippen LogP contribution < -0.4 is 0 Å². The molecule has 0 saturated carbocycles. The monoisotopic (exact) mass is 346 g/mol. The van der Waals surface area contributed by atoms with E-state index in [9.17, 15) is 17.3 Å². The van der Waals surface area contributed by atoms with Crippen molar-refractivity contribution in [2.75, 3.05) is 6.16 Å².